The van der Waals surface area contributed by atoms with Gasteiger partial charge in [-0.1, -0.05) is 31.2 Å². The van der Waals surface area contributed by atoms with Crippen LogP contribution in [-0.4, -0.2) is 39.3 Å². The number of carboxylic acid groups (broad SMARTS) is 1. The first-order valence-electron chi connectivity index (χ1n) is 13.5. The monoisotopic (exact) mass is 578 g/mol. The number of furan rings is 1. The minimum Gasteiger partial charge on any atom is -0.501 e. The third-order valence-corrected chi connectivity index (χ3v) is 11.7. The number of hydrogen-bond acceptors (Lipinski definition) is 6. The number of nitrogens with zero attached hydrogens (tertiary/aromatic N) is 2. The van der Waals surface area contributed by atoms with Gasteiger partial charge in [0, 0.05) is 29.1 Å². The highest BCUT2D eigenvalue weighted by Gasteiger charge is 2.44. The molecule has 1 unspecified atom stereocenters. The summed E-state index contributed by atoms with van der Waals surface area (Å²) in [6.45, 7) is 2.57. The molecule has 8 nitrogen and oxygen atoms in total. The molecule has 3 aromatic heterocycles. The van der Waals surface area contributed by atoms with E-state index in [1.165, 1.54) is 4.67 Å². The predicted octanol–water partition coefficient (Wildman–Crippen LogP) is 7.79. The van der Waals surface area contributed by atoms with Crippen LogP contribution in [0.5, 0.6) is 0 Å². The highest BCUT2D eigenvalue weighted by atomic mass is 32.1. The standard InChI is InChI=1S/C30H31N2O6PS/c1-19-4-10-23(11-5-19)39(35,36)32(22-12-15-37-16-13-22)25-18-28(40-29(25)30(33)34)21-8-6-20(7-9-21)27-17-24-26(38-27)3-2-14-31-24/h2-3,6-9,12,14-15,17-19,22-23H,4-5,10-11,13,16H2,1H3,(H,33,34)(H,35,36). The maximum absolute atomic E-state index is 14.3. The van der Waals surface area contributed by atoms with Crippen molar-refractivity contribution in [3.05, 3.63) is 71.9 Å². The van der Waals surface area contributed by atoms with Crippen molar-refractivity contribution in [1.29, 1.82) is 0 Å². The van der Waals surface area contributed by atoms with E-state index in [-0.39, 0.29) is 4.88 Å². The van der Waals surface area contributed by atoms with Gasteiger partial charge in [0.15, 0.2) is 5.58 Å². The van der Waals surface area contributed by atoms with Crippen LogP contribution in [0.2, 0.25) is 0 Å². The number of aromatic nitrogens is 1. The van der Waals surface area contributed by atoms with Crippen molar-refractivity contribution in [2.45, 2.75) is 50.7 Å². The van der Waals surface area contributed by atoms with Gasteiger partial charge in [-0.3, -0.25) is 14.2 Å². The fourth-order valence-corrected chi connectivity index (χ4v) is 9.13. The van der Waals surface area contributed by atoms with Crippen LogP contribution in [0.1, 0.15) is 48.7 Å². The smallest absolute Gasteiger partial charge is 0.348 e. The lowest BCUT2D eigenvalue weighted by Gasteiger charge is -2.41. The Morgan fingerprint density at radius 2 is 1.82 bits per heavy atom. The molecule has 4 aromatic rings. The Labute approximate surface area is 236 Å². The molecule has 2 aliphatic rings. The van der Waals surface area contributed by atoms with Gasteiger partial charge in [0.1, 0.15) is 16.2 Å². The van der Waals surface area contributed by atoms with Gasteiger partial charge in [0.25, 0.3) is 7.52 Å². The van der Waals surface area contributed by atoms with E-state index in [4.69, 9.17) is 9.15 Å². The van der Waals surface area contributed by atoms with E-state index in [1.807, 2.05) is 42.5 Å². The fourth-order valence-electron chi connectivity index (χ4n) is 5.66. The Bertz CT molecular complexity index is 1570. The number of carbonyl (C=O) groups is 1. The van der Waals surface area contributed by atoms with Crippen molar-refractivity contribution >= 4 is 41.6 Å². The highest BCUT2D eigenvalue weighted by molar-refractivity contribution is 7.60. The SMILES string of the molecule is CC1CCC([P@@](=O)(O)N(c2cc(-c3ccc(-c4cc5ncccc5o4)cc3)sc2C(=O)O)C2C=COCC2)CC1. The molecule has 6 rings (SSSR count). The first kappa shape index (κ1) is 26.8. The van der Waals surface area contributed by atoms with Gasteiger partial charge in [-0.05, 0) is 61.4 Å². The molecule has 2 atom stereocenters. The lowest BCUT2D eigenvalue weighted by atomic mass is 9.91. The van der Waals surface area contributed by atoms with Crippen LogP contribution >= 0.6 is 18.9 Å². The Kier molecular flexibility index (Phi) is 7.29. The van der Waals surface area contributed by atoms with Gasteiger partial charge in [0.05, 0.1) is 30.3 Å². The predicted molar refractivity (Wildman–Crippen MR) is 157 cm³/mol. The van der Waals surface area contributed by atoms with Crippen LogP contribution in [0.15, 0.2) is 71.5 Å². The van der Waals surface area contributed by atoms with Gasteiger partial charge in [-0.15, -0.1) is 11.3 Å². The summed E-state index contributed by atoms with van der Waals surface area (Å²) >= 11 is 1.12. The minimum absolute atomic E-state index is 0.0563. The molecule has 0 amide bonds. The minimum atomic E-state index is -3.95. The number of thiophene rings is 1. The van der Waals surface area contributed by atoms with Gasteiger partial charge in [-0.25, -0.2) is 4.79 Å². The first-order chi connectivity index (χ1) is 19.3. The molecule has 208 valence electrons. The summed E-state index contributed by atoms with van der Waals surface area (Å²) in [6, 6.07) is 14.6. The zero-order valence-corrected chi connectivity index (χ0v) is 23.8. The third-order valence-electron chi connectivity index (χ3n) is 7.91. The van der Waals surface area contributed by atoms with Crippen LogP contribution < -0.4 is 4.67 Å². The number of carboxylic acids is 1. The molecule has 0 radical (unpaired) electrons. The van der Waals surface area contributed by atoms with Crippen LogP contribution in [0.3, 0.4) is 0 Å². The largest absolute Gasteiger partial charge is 0.501 e. The van der Waals surface area contributed by atoms with E-state index in [2.05, 4.69) is 11.9 Å². The van der Waals surface area contributed by atoms with Crippen LogP contribution in [0.4, 0.5) is 5.69 Å². The molecule has 1 aromatic carbocycles. The number of fused-ring (bicyclic) bond motifs is 1. The maximum atomic E-state index is 14.3. The van der Waals surface area contributed by atoms with Gasteiger partial charge in [0.2, 0.25) is 0 Å². The molecule has 4 heterocycles. The molecule has 0 saturated heterocycles. The number of benzene rings is 1. The maximum Gasteiger partial charge on any atom is 0.348 e. The summed E-state index contributed by atoms with van der Waals surface area (Å²) in [4.78, 5) is 29.3. The molecular formula is C30H31N2O6PS. The van der Waals surface area contributed by atoms with Crippen molar-refractivity contribution in [1.82, 2.24) is 4.98 Å². The van der Waals surface area contributed by atoms with Crippen molar-refractivity contribution in [2.24, 2.45) is 5.92 Å². The normalized spacial score (nSPS) is 22.5. The molecule has 0 spiro atoms. The Morgan fingerprint density at radius 3 is 2.50 bits per heavy atom. The molecule has 0 bridgehead atoms. The van der Waals surface area contributed by atoms with E-state index >= 15 is 0 Å². The topological polar surface area (TPSA) is 113 Å². The molecule has 10 heteroatoms. The second kappa shape index (κ2) is 10.9. The van der Waals surface area contributed by atoms with E-state index < -0.39 is 25.2 Å². The molecule has 1 saturated carbocycles. The fraction of sp³-hybridized carbons (Fsp3) is 0.333. The number of ether oxygens (including phenoxy) is 1. The van der Waals surface area contributed by atoms with E-state index in [1.54, 1.807) is 24.6 Å². The molecule has 1 fully saturated rings. The second-order valence-electron chi connectivity index (χ2n) is 10.6. The zero-order valence-electron chi connectivity index (χ0n) is 22.1. The quantitative estimate of drug-likeness (QED) is 0.214. The zero-order chi connectivity index (χ0) is 27.9. The Hall–Kier alpha value is -3.39. The molecule has 1 aliphatic carbocycles. The number of hydrogen-bond donors (Lipinski definition) is 2. The average molecular weight is 579 g/mol. The van der Waals surface area contributed by atoms with E-state index in [0.717, 1.165) is 40.8 Å². The molecule has 2 N–H and O–H groups in total. The summed E-state index contributed by atoms with van der Waals surface area (Å²) in [7, 11) is -3.95. The van der Waals surface area contributed by atoms with Crippen LogP contribution in [0, 0.1) is 5.92 Å². The van der Waals surface area contributed by atoms with Gasteiger partial charge < -0.3 is 19.2 Å². The second-order valence-corrected chi connectivity index (χ2v) is 14.0. The van der Waals surface area contributed by atoms with Crippen molar-refractivity contribution in [2.75, 3.05) is 11.3 Å². The number of pyridine rings is 1. The lowest BCUT2D eigenvalue weighted by Crippen LogP contribution is -2.38. The first-order valence-corrected chi connectivity index (χ1v) is 16.0. The Morgan fingerprint density at radius 1 is 1.07 bits per heavy atom. The molecule has 1 aliphatic heterocycles. The van der Waals surface area contributed by atoms with E-state index in [9.17, 15) is 19.4 Å². The van der Waals surface area contributed by atoms with Gasteiger partial charge >= 0.3 is 5.97 Å². The molecular weight excluding hydrogens is 547 g/mol. The molecule has 40 heavy (non-hydrogen) atoms. The van der Waals surface area contributed by atoms with Crippen molar-refractivity contribution in [3.8, 4) is 21.8 Å². The average Bonchev–Trinajstić information content (AvgIpc) is 3.59. The van der Waals surface area contributed by atoms with E-state index in [0.29, 0.717) is 53.7 Å². The highest BCUT2D eigenvalue weighted by Crippen LogP contribution is 2.60. The Balaban J connectivity index is 1.38. The summed E-state index contributed by atoms with van der Waals surface area (Å²) in [5.41, 5.74) is 3.07. The third kappa shape index (κ3) is 5.09. The van der Waals surface area contributed by atoms with Crippen molar-refractivity contribution < 1.29 is 28.5 Å². The van der Waals surface area contributed by atoms with Crippen LogP contribution in [0.25, 0.3) is 32.9 Å². The van der Waals surface area contributed by atoms with Crippen LogP contribution in [-0.2, 0) is 9.30 Å². The summed E-state index contributed by atoms with van der Waals surface area (Å²) in [6.07, 6.45) is 8.60. The summed E-state index contributed by atoms with van der Waals surface area (Å²) in [5.74, 6) is 0.101. The van der Waals surface area contributed by atoms with Crippen molar-refractivity contribution in [3.63, 3.8) is 0 Å². The number of rotatable bonds is 7. The summed E-state index contributed by atoms with van der Waals surface area (Å²) < 4.78 is 27.1. The number of anilines is 1. The lowest BCUT2D eigenvalue weighted by molar-refractivity contribution is 0.0703. The van der Waals surface area contributed by atoms with Gasteiger partial charge in [-0.2, -0.15) is 0 Å². The summed E-state index contributed by atoms with van der Waals surface area (Å²) in [5, 5.41) is 10.2. The number of aromatic carboxylic acids is 1.